The van der Waals surface area contributed by atoms with Crippen LogP contribution in [0.5, 0.6) is 0 Å². The molecule has 3 nitrogen and oxygen atoms in total. The molecule has 134 valence electrons. The predicted molar refractivity (Wildman–Crippen MR) is 105 cm³/mol. The van der Waals surface area contributed by atoms with E-state index in [-0.39, 0.29) is 5.82 Å². The van der Waals surface area contributed by atoms with E-state index >= 15 is 0 Å². The van der Waals surface area contributed by atoms with Gasteiger partial charge >= 0.3 is 0 Å². The Hall–Kier alpha value is -1.82. The first kappa shape index (κ1) is 19.0. The fraction of sp³-hybridized carbons (Fsp3) is 0.158. The molecule has 0 bridgehead atoms. The van der Waals surface area contributed by atoms with E-state index < -0.39 is 0 Å². The second-order valence-corrected chi connectivity index (χ2v) is 7.38. The average Bonchev–Trinajstić information content (AvgIpc) is 2.99. The Bertz CT molecular complexity index is 889. The van der Waals surface area contributed by atoms with Crippen LogP contribution in [-0.4, -0.2) is 14.8 Å². The largest absolute Gasteiger partial charge is 0.302 e. The standard InChI is InChI=1S/C19H16Cl2FN3S/c1-2-10-25-18(11-13-6-8-14(20)9-7-13)23-24-19(25)26-12-15-16(21)4-3-5-17(15)22/h2-9H,1,10-12H2. The molecule has 0 fully saturated rings. The zero-order chi connectivity index (χ0) is 18.5. The number of rotatable bonds is 7. The maximum atomic E-state index is 14.0. The van der Waals surface area contributed by atoms with Gasteiger partial charge in [-0.1, -0.05) is 59.2 Å². The van der Waals surface area contributed by atoms with Gasteiger partial charge in [0.25, 0.3) is 0 Å². The Morgan fingerprint density at radius 1 is 1.12 bits per heavy atom. The first-order valence-electron chi connectivity index (χ1n) is 7.91. The molecule has 0 radical (unpaired) electrons. The van der Waals surface area contributed by atoms with Crippen molar-refractivity contribution in [3.8, 4) is 0 Å². The van der Waals surface area contributed by atoms with Crippen molar-refractivity contribution in [3.63, 3.8) is 0 Å². The van der Waals surface area contributed by atoms with Crippen molar-refractivity contribution >= 4 is 35.0 Å². The number of allylic oxidation sites excluding steroid dienone is 1. The highest BCUT2D eigenvalue weighted by molar-refractivity contribution is 7.98. The summed E-state index contributed by atoms with van der Waals surface area (Å²) in [6.07, 6.45) is 2.41. The van der Waals surface area contributed by atoms with Crippen molar-refractivity contribution in [1.29, 1.82) is 0 Å². The van der Waals surface area contributed by atoms with E-state index in [4.69, 9.17) is 23.2 Å². The average molecular weight is 408 g/mol. The fourth-order valence-corrected chi connectivity index (χ4v) is 3.90. The third kappa shape index (κ3) is 4.47. The maximum Gasteiger partial charge on any atom is 0.191 e. The molecule has 0 aliphatic carbocycles. The summed E-state index contributed by atoms with van der Waals surface area (Å²) in [5.41, 5.74) is 1.55. The molecular weight excluding hydrogens is 392 g/mol. The van der Waals surface area contributed by atoms with Gasteiger partial charge in [-0.25, -0.2) is 4.39 Å². The number of benzene rings is 2. The van der Waals surface area contributed by atoms with E-state index in [1.165, 1.54) is 17.8 Å². The van der Waals surface area contributed by atoms with Gasteiger partial charge in [-0.3, -0.25) is 0 Å². The van der Waals surface area contributed by atoms with E-state index in [9.17, 15) is 4.39 Å². The Balaban J connectivity index is 1.80. The van der Waals surface area contributed by atoms with Gasteiger partial charge in [0.1, 0.15) is 11.6 Å². The molecule has 1 heterocycles. The minimum atomic E-state index is -0.318. The predicted octanol–water partition coefficient (Wildman–Crippen LogP) is 5.79. The molecule has 7 heteroatoms. The van der Waals surface area contributed by atoms with Crippen LogP contribution in [0.25, 0.3) is 0 Å². The van der Waals surface area contributed by atoms with Crippen LogP contribution in [0.1, 0.15) is 17.0 Å². The molecule has 0 N–H and O–H groups in total. The molecule has 3 aromatic rings. The molecule has 1 aromatic heterocycles. The van der Waals surface area contributed by atoms with Crippen LogP contribution in [0.2, 0.25) is 10.0 Å². The van der Waals surface area contributed by atoms with Crippen molar-refractivity contribution in [2.75, 3.05) is 0 Å². The zero-order valence-corrected chi connectivity index (χ0v) is 16.2. The molecule has 0 atom stereocenters. The molecule has 2 aromatic carbocycles. The number of aromatic nitrogens is 3. The Kier molecular flexibility index (Phi) is 6.35. The summed E-state index contributed by atoms with van der Waals surface area (Å²) < 4.78 is 15.9. The smallest absolute Gasteiger partial charge is 0.191 e. The van der Waals surface area contributed by atoms with E-state index in [1.807, 2.05) is 28.8 Å². The minimum Gasteiger partial charge on any atom is -0.302 e. The lowest BCUT2D eigenvalue weighted by Gasteiger charge is -2.09. The monoisotopic (exact) mass is 407 g/mol. The van der Waals surface area contributed by atoms with Crippen LogP contribution in [-0.2, 0) is 18.7 Å². The van der Waals surface area contributed by atoms with E-state index in [0.717, 1.165) is 11.4 Å². The van der Waals surface area contributed by atoms with E-state index in [2.05, 4.69) is 16.8 Å². The number of thioether (sulfide) groups is 1. The van der Waals surface area contributed by atoms with Crippen LogP contribution >= 0.6 is 35.0 Å². The van der Waals surface area contributed by atoms with Crippen molar-refractivity contribution in [1.82, 2.24) is 14.8 Å². The number of hydrogen-bond donors (Lipinski definition) is 0. The van der Waals surface area contributed by atoms with E-state index in [1.54, 1.807) is 18.2 Å². The summed E-state index contributed by atoms with van der Waals surface area (Å²) in [5, 5.41) is 10.4. The lowest BCUT2D eigenvalue weighted by molar-refractivity contribution is 0.617. The van der Waals surface area contributed by atoms with Crippen molar-refractivity contribution in [2.45, 2.75) is 23.9 Å². The zero-order valence-electron chi connectivity index (χ0n) is 13.8. The van der Waals surface area contributed by atoms with Gasteiger partial charge in [-0.2, -0.15) is 0 Å². The Morgan fingerprint density at radius 3 is 2.58 bits per heavy atom. The first-order chi connectivity index (χ1) is 12.6. The topological polar surface area (TPSA) is 30.7 Å². The lowest BCUT2D eigenvalue weighted by atomic mass is 10.1. The number of nitrogens with zero attached hydrogens (tertiary/aromatic N) is 3. The van der Waals surface area contributed by atoms with Crippen LogP contribution in [0, 0.1) is 5.82 Å². The Labute approximate surface area is 165 Å². The molecule has 0 amide bonds. The Morgan fingerprint density at radius 2 is 1.88 bits per heavy atom. The quantitative estimate of drug-likeness (QED) is 0.366. The molecule has 0 spiro atoms. The highest BCUT2D eigenvalue weighted by atomic mass is 35.5. The third-order valence-corrected chi connectivity index (χ3v) is 5.39. The van der Waals surface area contributed by atoms with Gasteiger partial charge in [-0.15, -0.1) is 16.8 Å². The summed E-state index contributed by atoms with van der Waals surface area (Å²) in [6.45, 7) is 4.37. The van der Waals surface area contributed by atoms with Crippen molar-refractivity contribution in [2.24, 2.45) is 0 Å². The first-order valence-corrected chi connectivity index (χ1v) is 9.65. The van der Waals surface area contributed by atoms with Crippen molar-refractivity contribution in [3.05, 3.63) is 87.9 Å². The maximum absolute atomic E-state index is 14.0. The van der Waals surface area contributed by atoms with Gasteiger partial charge in [-0.05, 0) is 29.8 Å². The van der Waals surface area contributed by atoms with Gasteiger partial charge in [0, 0.05) is 34.3 Å². The van der Waals surface area contributed by atoms with Crippen LogP contribution < -0.4 is 0 Å². The van der Waals surface area contributed by atoms with Gasteiger partial charge in [0.05, 0.1) is 0 Å². The third-order valence-electron chi connectivity index (χ3n) is 3.79. The summed E-state index contributed by atoms with van der Waals surface area (Å²) in [6, 6.07) is 12.3. The second-order valence-electron chi connectivity index (χ2n) is 5.59. The highest BCUT2D eigenvalue weighted by Crippen LogP contribution is 2.28. The lowest BCUT2D eigenvalue weighted by Crippen LogP contribution is -2.05. The van der Waals surface area contributed by atoms with E-state index in [0.29, 0.717) is 39.5 Å². The van der Waals surface area contributed by atoms with Crippen LogP contribution in [0.4, 0.5) is 4.39 Å². The van der Waals surface area contributed by atoms with Gasteiger partial charge < -0.3 is 4.57 Å². The molecule has 0 unspecified atom stereocenters. The summed E-state index contributed by atoms with van der Waals surface area (Å²) in [4.78, 5) is 0. The van der Waals surface area contributed by atoms with Crippen molar-refractivity contribution < 1.29 is 4.39 Å². The van der Waals surface area contributed by atoms with Crippen LogP contribution in [0.3, 0.4) is 0 Å². The number of hydrogen-bond acceptors (Lipinski definition) is 3. The molecule has 0 aliphatic heterocycles. The minimum absolute atomic E-state index is 0.318. The summed E-state index contributed by atoms with van der Waals surface area (Å²) >= 11 is 13.4. The highest BCUT2D eigenvalue weighted by Gasteiger charge is 2.14. The molecule has 0 saturated heterocycles. The van der Waals surface area contributed by atoms with Crippen LogP contribution in [0.15, 0.2) is 60.3 Å². The fourth-order valence-electron chi connectivity index (χ4n) is 2.46. The summed E-state index contributed by atoms with van der Waals surface area (Å²) in [7, 11) is 0. The molecule has 3 rings (SSSR count). The molecular formula is C19H16Cl2FN3S. The van der Waals surface area contributed by atoms with Gasteiger partial charge in [0.15, 0.2) is 5.16 Å². The second kappa shape index (κ2) is 8.71. The molecule has 26 heavy (non-hydrogen) atoms. The normalized spacial score (nSPS) is 10.9. The SMILES string of the molecule is C=CCn1c(Cc2ccc(Cl)cc2)nnc1SCc1c(F)cccc1Cl. The summed E-state index contributed by atoms with van der Waals surface area (Å²) in [5.74, 6) is 0.873. The number of halogens is 3. The molecule has 0 aliphatic rings. The molecule has 0 saturated carbocycles. The van der Waals surface area contributed by atoms with Gasteiger partial charge in [0.2, 0.25) is 0 Å².